The van der Waals surface area contributed by atoms with Gasteiger partial charge in [-0.25, -0.2) is 5.10 Å². The van der Waals surface area contributed by atoms with Crippen LogP contribution in [-0.4, -0.2) is 41.3 Å². The van der Waals surface area contributed by atoms with E-state index in [1.165, 1.54) is 7.11 Å². The zero-order valence-electron chi connectivity index (χ0n) is 12.4. The molecule has 0 fully saturated rings. The number of hydrogen-bond acceptors (Lipinski definition) is 5. The molecule has 2 N–H and O–H groups in total. The number of carbonyl (C=O) groups excluding carboxylic acids is 1. The van der Waals surface area contributed by atoms with Crippen LogP contribution >= 0.6 is 0 Å². The van der Waals surface area contributed by atoms with Crippen LogP contribution in [0.5, 0.6) is 6.01 Å². The first kappa shape index (κ1) is 14.8. The SMILES string of the molecule is CCN(CC)c1ccc(C(=O)Nc2nc(OC)n[nH]2)cc1. The van der Waals surface area contributed by atoms with E-state index in [0.29, 0.717) is 5.56 Å². The van der Waals surface area contributed by atoms with E-state index in [1.807, 2.05) is 12.1 Å². The summed E-state index contributed by atoms with van der Waals surface area (Å²) in [6.07, 6.45) is 0. The third kappa shape index (κ3) is 3.50. The molecule has 1 aromatic carbocycles. The minimum Gasteiger partial charge on any atom is -0.466 e. The summed E-state index contributed by atoms with van der Waals surface area (Å²) in [5.74, 6) is 0.00423. The van der Waals surface area contributed by atoms with Gasteiger partial charge >= 0.3 is 6.01 Å². The molecule has 2 rings (SSSR count). The second kappa shape index (κ2) is 6.74. The molecule has 0 radical (unpaired) electrons. The molecule has 0 atom stereocenters. The number of nitrogens with one attached hydrogen (secondary N) is 2. The average Bonchev–Trinajstić information content (AvgIpc) is 2.97. The average molecular weight is 289 g/mol. The summed E-state index contributed by atoms with van der Waals surface area (Å²) in [4.78, 5) is 18.2. The maximum Gasteiger partial charge on any atom is 0.336 e. The zero-order chi connectivity index (χ0) is 15.2. The zero-order valence-corrected chi connectivity index (χ0v) is 12.4. The van der Waals surface area contributed by atoms with E-state index in [-0.39, 0.29) is 17.9 Å². The summed E-state index contributed by atoms with van der Waals surface area (Å²) in [6, 6.07) is 7.63. The van der Waals surface area contributed by atoms with Crippen molar-refractivity contribution in [3.05, 3.63) is 29.8 Å². The lowest BCUT2D eigenvalue weighted by Gasteiger charge is -2.20. The Balaban J connectivity index is 2.05. The molecule has 1 aromatic heterocycles. The highest BCUT2D eigenvalue weighted by molar-refractivity contribution is 6.03. The van der Waals surface area contributed by atoms with Crippen LogP contribution in [0.2, 0.25) is 0 Å². The number of hydrogen-bond donors (Lipinski definition) is 2. The highest BCUT2D eigenvalue weighted by Gasteiger charge is 2.10. The van der Waals surface area contributed by atoms with Gasteiger partial charge in [-0.15, -0.1) is 5.10 Å². The van der Waals surface area contributed by atoms with Crippen LogP contribution in [0.4, 0.5) is 11.6 Å². The van der Waals surface area contributed by atoms with Gasteiger partial charge in [0.15, 0.2) is 0 Å². The summed E-state index contributed by atoms with van der Waals surface area (Å²) in [5.41, 5.74) is 1.65. The van der Waals surface area contributed by atoms with Crippen molar-refractivity contribution < 1.29 is 9.53 Å². The van der Waals surface area contributed by atoms with Crippen molar-refractivity contribution in [3.8, 4) is 6.01 Å². The van der Waals surface area contributed by atoms with Crippen molar-refractivity contribution in [2.75, 3.05) is 30.4 Å². The van der Waals surface area contributed by atoms with Crippen molar-refractivity contribution in [2.45, 2.75) is 13.8 Å². The Labute approximate surface area is 123 Å². The van der Waals surface area contributed by atoms with Crippen molar-refractivity contribution in [3.63, 3.8) is 0 Å². The van der Waals surface area contributed by atoms with Gasteiger partial charge in [0.25, 0.3) is 5.91 Å². The lowest BCUT2D eigenvalue weighted by Crippen LogP contribution is -2.21. The van der Waals surface area contributed by atoms with Crippen LogP contribution < -0.4 is 15.0 Å². The molecule has 0 aliphatic carbocycles. The molecule has 0 aliphatic heterocycles. The van der Waals surface area contributed by atoms with Gasteiger partial charge in [-0.05, 0) is 38.1 Å². The van der Waals surface area contributed by atoms with Gasteiger partial charge < -0.3 is 9.64 Å². The third-order valence-electron chi connectivity index (χ3n) is 3.14. The Morgan fingerprint density at radius 1 is 1.29 bits per heavy atom. The molecule has 0 unspecified atom stereocenters. The largest absolute Gasteiger partial charge is 0.466 e. The Kier molecular flexibility index (Phi) is 4.76. The molecule has 112 valence electrons. The van der Waals surface area contributed by atoms with Crippen LogP contribution in [0.1, 0.15) is 24.2 Å². The lowest BCUT2D eigenvalue weighted by atomic mass is 10.2. The Morgan fingerprint density at radius 3 is 2.48 bits per heavy atom. The van der Waals surface area contributed by atoms with Crippen LogP contribution in [0, 0.1) is 0 Å². The van der Waals surface area contributed by atoms with Crippen molar-refractivity contribution in [1.29, 1.82) is 0 Å². The summed E-state index contributed by atoms with van der Waals surface area (Å²) >= 11 is 0. The van der Waals surface area contributed by atoms with Gasteiger partial charge in [-0.1, -0.05) is 0 Å². The molecule has 1 heterocycles. The number of anilines is 2. The minimum absolute atomic E-state index is 0.183. The number of aromatic amines is 1. The van der Waals surface area contributed by atoms with E-state index < -0.39 is 0 Å². The van der Waals surface area contributed by atoms with E-state index >= 15 is 0 Å². The fraction of sp³-hybridized carbons (Fsp3) is 0.357. The van der Waals surface area contributed by atoms with Gasteiger partial charge in [0.1, 0.15) is 0 Å². The van der Waals surface area contributed by atoms with Crippen molar-refractivity contribution >= 4 is 17.5 Å². The number of nitrogens with zero attached hydrogens (tertiary/aromatic N) is 3. The number of carbonyl (C=O) groups is 1. The topological polar surface area (TPSA) is 83.1 Å². The second-order valence-corrected chi connectivity index (χ2v) is 4.34. The summed E-state index contributed by atoms with van der Waals surface area (Å²) in [5, 5.41) is 8.97. The Hall–Kier alpha value is -2.57. The number of H-pyrrole nitrogens is 1. The van der Waals surface area contributed by atoms with E-state index in [4.69, 9.17) is 4.74 Å². The van der Waals surface area contributed by atoms with E-state index in [9.17, 15) is 4.79 Å². The van der Waals surface area contributed by atoms with Gasteiger partial charge in [-0.2, -0.15) is 4.98 Å². The molecular formula is C14H19N5O2. The number of benzene rings is 1. The molecule has 2 aromatic rings. The normalized spacial score (nSPS) is 10.2. The van der Waals surface area contributed by atoms with E-state index in [1.54, 1.807) is 12.1 Å². The van der Waals surface area contributed by atoms with Crippen LogP contribution in [0.3, 0.4) is 0 Å². The number of rotatable bonds is 6. The number of ether oxygens (including phenoxy) is 1. The predicted octanol–water partition coefficient (Wildman–Crippen LogP) is 1.91. The summed E-state index contributed by atoms with van der Waals surface area (Å²) in [7, 11) is 1.46. The molecular weight excluding hydrogens is 270 g/mol. The molecule has 21 heavy (non-hydrogen) atoms. The molecule has 0 saturated carbocycles. The van der Waals surface area contributed by atoms with Crippen LogP contribution in [-0.2, 0) is 0 Å². The molecule has 0 aliphatic rings. The van der Waals surface area contributed by atoms with Gasteiger partial charge in [-0.3, -0.25) is 10.1 Å². The fourth-order valence-corrected chi connectivity index (χ4v) is 1.99. The molecule has 7 heteroatoms. The molecule has 1 amide bonds. The first-order valence-electron chi connectivity index (χ1n) is 6.80. The summed E-state index contributed by atoms with van der Waals surface area (Å²) in [6.45, 7) is 6.06. The van der Waals surface area contributed by atoms with Crippen molar-refractivity contribution in [2.24, 2.45) is 0 Å². The van der Waals surface area contributed by atoms with Gasteiger partial charge in [0.05, 0.1) is 7.11 Å². The monoisotopic (exact) mass is 289 g/mol. The number of methoxy groups -OCH3 is 1. The van der Waals surface area contributed by atoms with Crippen LogP contribution in [0.25, 0.3) is 0 Å². The Morgan fingerprint density at radius 2 is 1.95 bits per heavy atom. The highest BCUT2D eigenvalue weighted by atomic mass is 16.5. The summed E-state index contributed by atoms with van der Waals surface area (Å²) < 4.78 is 4.84. The van der Waals surface area contributed by atoms with Gasteiger partial charge in [0, 0.05) is 24.3 Å². The second-order valence-electron chi connectivity index (χ2n) is 4.34. The first-order chi connectivity index (χ1) is 10.2. The lowest BCUT2D eigenvalue weighted by molar-refractivity contribution is 0.102. The molecule has 7 nitrogen and oxygen atoms in total. The van der Waals surface area contributed by atoms with Crippen LogP contribution in [0.15, 0.2) is 24.3 Å². The third-order valence-corrected chi connectivity index (χ3v) is 3.14. The smallest absolute Gasteiger partial charge is 0.336 e. The number of aromatic nitrogens is 3. The first-order valence-corrected chi connectivity index (χ1v) is 6.80. The molecule has 0 bridgehead atoms. The Bertz CT molecular complexity index is 590. The maximum absolute atomic E-state index is 12.1. The minimum atomic E-state index is -0.250. The molecule has 0 spiro atoms. The van der Waals surface area contributed by atoms with Crippen molar-refractivity contribution in [1.82, 2.24) is 15.2 Å². The van der Waals surface area contributed by atoms with Gasteiger partial charge in [0.2, 0.25) is 5.95 Å². The quantitative estimate of drug-likeness (QED) is 0.848. The highest BCUT2D eigenvalue weighted by Crippen LogP contribution is 2.15. The number of amides is 1. The predicted molar refractivity (Wildman–Crippen MR) is 80.9 cm³/mol. The van der Waals surface area contributed by atoms with E-state index in [0.717, 1.165) is 18.8 Å². The molecule has 0 saturated heterocycles. The fourth-order valence-electron chi connectivity index (χ4n) is 1.99. The maximum atomic E-state index is 12.1. The standard InChI is InChI=1S/C14H19N5O2/c1-4-19(5-2)11-8-6-10(7-9-11)12(20)15-13-16-14(21-3)18-17-13/h6-9H,4-5H2,1-3H3,(H2,15,16,17,18,20). The van der Waals surface area contributed by atoms with E-state index in [2.05, 4.69) is 39.2 Å².